The Balaban J connectivity index is 3.38. The zero-order chi connectivity index (χ0) is 14.7. The fraction of sp³-hybridized carbons (Fsp3) is 0.562. The average Bonchev–Trinajstić information content (AvgIpc) is 2.40. The van der Waals surface area contributed by atoms with Crippen LogP contribution in [-0.2, 0) is 0 Å². The second-order valence-corrected chi connectivity index (χ2v) is 5.11. The van der Waals surface area contributed by atoms with Crippen molar-refractivity contribution in [3.63, 3.8) is 0 Å². The standard InChI is InChI=1S/C16H25NO2/c1-7-17(8-9-18)16(19)15-13(5)11(3)10(2)12(4)14(15)6/h18H,7-9H2,1-6H3. The van der Waals surface area contributed by atoms with Gasteiger partial charge >= 0.3 is 0 Å². The highest BCUT2D eigenvalue weighted by Crippen LogP contribution is 2.27. The summed E-state index contributed by atoms with van der Waals surface area (Å²) in [4.78, 5) is 14.3. The fourth-order valence-electron chi connectivity index (χ4n) is 2.50. The maximum absolute atomic E-state index is 12.6. The number of amides is 1. The van der Waals surface area contributed by atoms with E-state index in [1.54, 1.807) is 4.90 Å². The molecule has 0 spiro atoms. The Morgan fingerprint density at radius 2 is 1.37 bits per heavy atom. The van der Waals surface area contributed by atoms with E-state index in [9.17, 15) is 4.79 Å². The molecule has 0 atom stereocenters. The largest absolute Gasteiger partial charge is 0.395 e. The van der Waals surface area contributed by atoms with Crippen molar-refractivity contribution in [2.45, 2.75) is 41.5 Å². The van der Waals surface area contributed by atoms with Crippen LogP contribution in [0.2, 0.25) is 0 Å². The van der Waals surface area contributed by atoms with Crippen molar-refractivity contribution in [1.29, 1.82) is 0 Å². The van der Waals surface area contributed by atoms with E-state index < -0.39 is 0 Å². The van der Waals surface area contributed by atoms with Gasteiger partial charge in [-0.15, -0.1) is 0 Å². The summed E-state index contributed by atoms with van der Waals surface area (Å²) in [6, 6.07) is 0. The monoisotopic (exact) mass is 263 g/mol. The Hall–Kier alpha value is -1.35. The molecule has 0 radical (unpaired) electrons. The molecule has 0 aromatic heterocycles. The molecule has 0 aliphatic rings. The van der Waals surface area contributed by atoms with Crippen molar-refractivity contribution < 1.29 is 9.90 Å². The van der Waals surface area contributed by atoms with Crippen LogP contribution in [-0.4, -0.2) is 35.6 Å². The topological polar surface area (TPSA) is 40.5 Å². The molecule has 0 aliphatic carbocycles. The van der Waals surface area contributed by atoms with Crippen LogP contribution >= 0.6 is 0 Å². The molecule has 0 aliphatic heterocycles. The van der Waals surface area contributed by atoms with Gasteiger partial charge in [0.15, 0.2) is 0 Å². The van der Waals surface area contributed by atoms with E-state index in [2.05, 4.69) is 20.8 Å². The molecule has 1 aromatic carbocycles. The third-order valence-corrected chi connectivity index (χ3v) is 4.25. The van der Waals surface area contributed by atoms with Crippen molar-refractivity contribution >= 4 is 5.91 Å². The summed E-state index contributed by atoms with van der Waals surface area (Å²) >= 11 is 0. The zero-order valence-electron chi connectivity index (χ0n) is 12.9. The number of rotatable bonds is 4. The second-order valence-electron chi connectivity index (χ2n) is 5.11. The van der Waals surface area contributed by atoms with Crippen LogP contribution in [0.15, 0.2) is 0 Å². The molecule has 0 bridgehead atoms. The van der Waals surface area contributed by atoms with Gasteiger partial charge in [-0.3, -0.25) is 4.79 Å². The number of aliphatic hydroxyl groups excluding tert-OH is 1. The van der Waals surface area contributed by atoms with Crippen molar-refractivity contribution in [3.05, 3.63) is 33.4 Å². The van der Waals surface area contributed by atoms with Gasteiger partial charge in [-0.2, -0.15) is 0 Å². The number of aliphatic hydroxyl groups is 1. The van der Waals surface area contributed by atoms with E-state index in [4.69, 9.17) is 5.11 Å². The summed E-state index contributed by atoms with van der Waals surface area (Å²) in [6.45, 7) is 13.2. The second kappa shape index (κ2) is 6.20. The highest BCUT2D eigenvalue weighted by atomic mass is 16.3. The summed E-state index contributed by atoms with van der Waals surface area (Å²) < 4.78 is 0. The van der Waals surface area contributed by atoms with Crippen molar-refractivity contribution in [3.8, 4) is 0 Å². The molecular formula is C16H25NO2. The van der Waals surface area contributed by atoms with Crippen molar-refractivity contribution in [2.75, 3.05) is 19.7 Å². The minimum Gasteiger partial charge on any atom is -0.395 e. The quantitative estimate of drug-likeness (QED) is 0.907. The van der Waals surface area contributed by atoms with E-state index in [0.717, 1.165) is 16.7 Å². The first-order valence-corrected chi connectivity index (χ1v) is 6.83. The number of hydrogen-bond acceptors (Lipinski definition) is 2. The molecule has 106 valence electrons. The molecule has 19 heavy (non-hydrogen) atoms. The smallest absolute Gasteiger partial charge is 0.254 e. The Bertz CT molecular complexity index is 463. The van der Waals surface area contributed by atoms with Crippen LogP contribution < -0.4 is 0 Å². The Kier molecular flexibility index (Phi) is 5.12. The average molecular weight is 263 g/mol. The first-order chi connectivity index (χ1) is 8.86. The summed E-state index contributed by atoms with van der Waals surface area (Å²) in [5.41, 5.74) is 6.55. The molecule has 0 heterocycles. The maximum Gasteiger partial charge on any atom is 0.254 e. The molecule has 3 nitrogen and oxygen atoms in total. The lowest BCUT2D eigenvalue weighted by molar-refractivity contribution is 0.0730. The number of carbonyl (C=O) groups excluding carboxylic acids is 1. The van der Waals surface area contributed by atoms with Gasteiger partial charge in [0.2, 0.25) is 0 Å². The number of nitrogens with zero attached hydrogens (tertiary/aromatic N) is 1. The van der Waals surface area contributed by atoms with E-state index in [1.165, 1.54) is 16.7 Å². The molecule has 1 amide bonds. The number of hydrogen-bond donors (Lipinski definition) is 1. The van der Waals surface area contributed by atoms with Crippen LogP contribution in [0.3, 0.4) is 0 Å². The van der Waals surface area contributed by atoms with Gasteiger partial charge in [0.1, 0.15) is 0 Å². The molecule has 1 rings (SSSR count). The van der Waals surface area contributed by atoms with Gasteiger partial charge in [-0.25, -0.2) is 0 Å². The first kappa shape index (κ1) is 15.7. The third kappa shape index (κ3) is 2.81. The van der Waals surface area contributed by atoms with Gasteiger partial charge in [0.05, 0.1) is 6.61 Å². The lowest BCUT2D eigenvalue weighted by atomic mass is 9.89. The highest BCUT2D eigenvalue weighted by molar-refractivity contribution is 5.98. The van der Waals surface area contributed by atoms with Gasteiger partial charge in [-0.1, -0.05) is 0 Å². The molecular weight excluding hydrogens is 238 g/mol. The maximum atomic E-state index is 12.6. The Morgan fingerprint density at radius 1 is 0.947 bits per heavy atom. The number of likely N-dealkylation sites (N-methyl/N-ethyl adjacent to an activating group) is 1. The predicted octanol–water partition coefficient (Wildman–Crippen LogP) is 2.68. The molecule has 3 heteroatoms. The Labute approximate surface area is 116 Å². The lowest BCUT2D eigenvalue weighted by Crippen LogP contribution is -2.34. The van der Waals surface area contributed by atoms with Gasteiger partial charge in [-0.05, 0) is 69.4 Å². The zero-order valence-corrected chi connectivity index (χ0v) is 12.9. The minimum absolute atomic E-state index is 0.00149. The van der Waals surface area contributed by atoms with Crippen LogP contribution in [0.5, 0.6) is 0 Å². The summed E-state index contributed by atoms with van der Waals surface area (Å²) in [5, 5.41) is 9.06. The molecule has 0 unspecified atom stereocenters. The van der Waals surface area contributed by atoms with Crippen molar-refractivity contribution in [1.82, 2.24) is 4.90 Å². The summed E-state index contributed by atoms with van der Waals surface area (Å²) in [6.07, 6.45) is 0. The molecule has 1 aromatic rings. The lowest BCUT2D eigenvalue weighted by Gasteiger charge is -2.24. The van der Waals surface area contributed by atoms with Crippen LogP contribution in [0.1, 0.15) is 45.1 Å². The van der Waals surface area contributed by atoms with Crippen LogP contribution in [0.4, 0.5) is 0 Å². The highest BCUT2D eigenvalue weighted by Gasteiger charge is 2.21. The fourth-order valence-corrected chi connectivity index (χ4v) is 2.50. The normalized spacial score (nSPS) is 10.7. The SMILES string of the molecule is CCN(CCO)C(=O)c1c(C)c(C)c(C)c(C)c1C. The van der Waals surface area contributed by atoms with Gasteiger partial charge in [0, 0.05) is 18.7 Å². The molecule has 0 saturated carbocycles. The van der Waals surface area contributed by atoms with Crippen LogP contribution in [0, 0.1) is 34.6 Å². The van der Waals surface area contributed by atoms with Gasteiger partial charge in [0.25, 0.3) is 5.91 Å². The van der Waals surface area contributed by atoms with E-state index >= 15 is 0 Å². The summed E-state index contributed by atoms with van der Waals surface area (Å²) in [7, 11) is 0. The van der Waals surface area contributed by atoms with E-state index in [-0.39, 0.29) is 12.5 Å². The molecule has 1 N–H and O–H groups in total. The molecule has 0 fully saturated rings. The third-order valence-electron chi connectivity index (χ3n) is 4.25. The van der Waals surface area contributed by atoms with Crippen LogP contribution in [0.25, 0.3) is 0 Å². The number of benzene rings is 1. The van der Waals surface area contributed by atoms with Gasteiger partial charge < -0.3 is 10.0 Å². The van der Waals surface area contributed by atoms with Crippen molar-refractivity contribution in [2.24, 2.45) is 0 Å². The minimum atomic E-state index is 0.00149. The first-order valence-electron chi connectivity index (χ1n) is 6.83. The molecule has 0 saturated heterocycles. The summed E-state index contributed by atoms with van der Waals surface area (Å²) in [5.74, 6) is 0.0257. The predicted molar refractivity (Wildman–Crippen MR) is 78.8 cm³/mol. The Morgan fingerprint density at radius 3 is 1.74 bits per heavy atom. The van der Waals surface area contributed by atoms with E-state index in [1.807, 2.05) is 20.8 Å². The van der Waals surface area contributed by atoms with E-state index in [0.29, 0.717) is 13.1 Å². The number of carbonyl (C=O) groups is 1.